The summed E-state index contributed by atoms with van der Waals surface area (Å²) in [5.41, 5.74) is -0.139. The molecule has 4 rings (SSSR count). The molecule has 0 saturated heterocycles. The summed E-state index contributed by atoms with van der Waals surface area (Å²) in [7, 11) is 0. The van der Waals surface area contributed by atoms with Crippen molar-refractivity contribution in [2.75, 3.05) is 0 Å². The monoisotopic (exact) mass is 492 g/mol. The van der Waals surface area contributed by atoms with E-state index in [0.717, 1.165) is 50.5 Å². The summed E-state index contributed by atoms with van der Waals surface area (Å²) >= 11 is 0. The third-order valence-electron chi connectivity index (χ3n) is 12.8. The van der Waals surface area contributed by atoms with E-state index in [1.165, 1.54) is 0 Å². The van der Waals surface area contributed by atoms with Crippen molar-refractivity contribution in [3.05, 3.63) is 12.2 Å². The zero-order chi connectivity index (χ0) is 26.2. The SMILES string of the molecule is C=C(C)C(CCC(C)(O)C1CCC2(C)C1C(O)CC1C3(C)CCC(O)C(C)(C)C3CCC12C)OO. The lowest BCUT2D eigenvalue weighted by atomic mass is 9.35. The standard InChI is InChI=1S/C30H52O5/c1-18(2)21(35-34)10-16-30(8,33)19-9-14-29(7)25(19)20(31)17-23-27(5)13-12-24(32)26(3,4)22(27)11-15-28(23,29)6/h19-25,31-34H,1,9-17H2,2-8H3. The van der Waals surface area contributed by atoms with Gasteiger partial charge in [-0.2, -0.15) is 0 Å². The van der Waals surface area contributed by atoms with Gasteiger partial charge < -0.3 is 15.3 Å². The van der Waals surface area contributed by atoms with Gasteiger partial charge in [0, 0.05) is 0 Å². The highest BCUT2D eigenvalue weighted by atomic mass is 17.1. The Balaban J connectivity index is 1.63. The predicted molar refractivity (Wildman–Crippen MR) is 139 cm³/mol. The van der Waals surface area contributed by atoms with Gasteiger partial charge in [0.05, 0.1) is 17.8 Å². The van der Waals surface area contributed by atoms with Crippen LogP contribution in [0.3, 0.4) is 0 Å². The Hall–Kier alpha value is -0.460. The van der Waals surface area contributed by atoms with Crippen molar-refractivity contribution in [2.24, 2.45) is 45.3 Å². The molecule has 4 aliphatic rings. The molecule has 0 amide bonds. The predicted octanol–water partition coefficient (Wildman–Crippen LogP) is 5.97. The molecule has 4 fully saturated rings. The Labute approximate surface area is 213 Å². The van der Waals surface area contributed by atoms with Crippen LogP contribution in [-0.2, 0) is 4.89 Å². The van der Waals surface area contributed by atoms with Crippen molar-refractivity contribution < 1.29 is 25.5 Å². The average Bonchev–Trinajstić information content (AvgIpc) is 3.14. The number of hydrogen-bond acceptors (Lipinski definition) is 5. The molecule has 4 saturated carbocycles. The molecular weight excluding hydrogens is 440 g/mol. The Morgan fingerprint density at radius 1 is 1.00 bits per heavy atom. The second-order valence-electron chi connectivity index (χ2n) is 14.7. The van der Waals surface area contributed by atoms with Gasteiger partial charge >= 0.3 is 0 Å². The Morgan fingerprint density at radius 2 is 1.63 bits per heavy atom. The molecule has 202 valence electrons. The number of aliphatic hydroxyl groups excluding tert-OH is 2. The quantitative estimate of drug-likeness (QED) is 0.208. The Morgan fingerprint density at radius 3 is 2.23 bits per heavy atom. The van der Waals surface area contributed by atoms with Crippen molar-refractivity contribution in [3.63, 3.8) is 0 Å². The maximum Gasteiger partial charge on any atom is 0.113 e. The maximum absolute atomic E-state index is 11.8. The van der Waals surface area contributed by atoms with Crippen molar-refractivity contribution >= 4 is 0 Å². The number of aliphatic hydroxyl groups is 3. The van der Waals surface area contributed by atoms with Gasteiger partial charge in [0.15, 0.2) is 0 Å². The normalized spacial score (nSPS) is 49.3. The lowest BCUT2D eigenvalue weighted by molar-refractivity contribution is -0.272. The molecule has 11 atom stereocenters. The van der Waals surface area contributed by atoms with Gasteiger partial charge in [-0.3, -0.25) is 5.26 Å². The van der Waals surface area contributed by atoms with Gasteiger partial charge in [-0.25, -0.2) is 4.89 Å². The first-order chi connectivity index (χ1) is 16.1. The van der Waals surface area contributed by atoms with Crippen LogP contribution in [0.15, 0.2) is 12.2 Å². The highest BCUT2D eigenvalue weighted by Gasteiger charge is 2.71. The van der Waals surface area contributed by atoms with E-state index in [2.05, 4.69) is 46.1 Å². The zero-order valence-electron chi connectivity index (χ0n) is 23.3. The molecule has 4 aliphatic carbocycles. The van der Waals surface area contributed by atoms with Crippen LogP contribution in [0, 0.1) is 45.3 Å². The Bertz CT molecular complexity index is 822. The maximum atomic E-state index is 11.8. The van der Waals surface area contributed by atoms with Crippen LogP contribution in [0.4, 0.5) is 0 Å². The lowest BCUT2D eigenvalue weighted by Gasteiger charge is -2.70. The van der Waals surface area contributed by atoms with E-state index in [1.54, 1.807) is 0 Å². The van der Waals surface area contributed by atoms with Gasteiger partial charge in [-0.1, -0.05) is 41.2 Å². The fourth-order valence-corrected chi connectivity index (χ4v) is 10.4. The van der Waals surface area contributed by atoms with E-state index in [0.29, 0.717) is 24.7 Å². The van der Waals surface area contributed by atoms with E-state index < -0.39 is 17.8 Å². The van der Waals surface area contributed by atoms with E-state index in [9.17, 15) is 20.6 Å². The minimum absolute atomic E-state index is 0.0138. The van der Waals surface area contributed by atoms with Crippen LogP contribution in [0.1, 0.15) is 106 Å². The highest BCUT2D eigenvalue weighted by Crippen LogP contribution is 2.75. The van der Waals surface area contributed by atoms with Crippen LogP contribution in [0.2, 0.25) is 0 Å². The zero-order valence-corrected chi connectivity index (χ0v) is 23.3. The number of fused-ring (bicyclic) bond motifs is 5. The first-order valence-electron chi connectivity index (χ1n) is 14.1. The van der Waals surface area contributed by atoms with Crippen molar-refractivity contribution in [1.29, 1.82) is 0 Å². The molecule has 0 aromatic rings. The first kappa shape index (κ1) is 27.6. The summed E-state index contributed by atoms with van der Waals surface area (Å²) in [5.74, 6) is 0.942. The summed E-state index contributed by atoms with van der Waals surface area (Å²) < 4.78 is 0. The molecule has 5 nitrogen and oxygen atoms in total. The van der Waals surface area contributed by atoms with Gasteiger partial charge in [0.2, 0.25) is 0 Å². The largest absolute Gasteiger partial charge is 0.393 e. The van der Waals surface area contributed by atoms with Crippen molar-refractivity contribution in [1.82, 2.24) is 0 Å². The van der Waals surface area contributed by atoms with Crippen LogP contribution >= 0.6 is 0 Å². The minimum Gasteiger partial charge on any atom is -0.393 e. The molecule has 0 radical (unpaired) electrons. The number of hydrogen-bond donors (Lipinski definition) is 4. The molecule has 4 N–H and O–H groups in total. The second kappa shape index (κ2) is 8.80. The fraction of sp³-hybridized carbons (Fsp3) is 0.933. The highest BCUT2D eigenvalue weighted by molar-refractivity contribution is 5.20. The molecule has 35 heavy (non-hydrogen) atoms. The summed E-state index contributed by atoms with van der Waals surface area (Å²) in [6.45, 7) is 19.5. The summed E-state index contributed by atoms with van der Waals surface area (Å²) in [4.78, 5) is 4.61. The van der Waals surface area contributed by atoms with Gasteiger partial charge in [-0.05, 0) is 123 Å². The number of rotatable bonds is 6. The molecule has 0 aliphatic heterocycles. The van der Waals surface area contributed by atoms with Gasteiger partial charge in [-0.15, -0.1) is 0 Å². The molecule has 0 heterocycles. The lowest BCUT2D eigenvalue weighted by Crippen LogP contribution is -2.66. The van der Waals surface area contributed by atoms with E-state index in [-0.39, 0.29) is 39.6 Å². The van der Waals surface area contributed by atoms with Gasteiger partial charge in [0.25, 0.3) is 0 Å². The van der Waals surface area contributed by atoms with Crippen LogP contribution in [0.25, 0.3) is 0 Å². The van der Waals surface area contributed by atoms with E-state index >= 15 is 0 Å². The molecule has 5 heteroatoms. The topological polar surface area (TPSA) is 90.2 Å². The molecule has 0 spiro atoms. The fourth-order valence-electron chi connectivity index (χ4n) is 10.4. The van der Waals surface area contributed by atoms with Crippen LogP contribution in [0.5, 0.6) is 0 Å². The van der Waals surface area contributed by atoms with Gasteiger partial charge in [0.1, 0.15) is 6.10 Å². The van der Waals surface area contributed by atoms with Crippen molar-refractivity contribution in [3.8, 4) is 0 Å². The molecule has 0 bridgehead atoms. The molecule has 0 aromatic heterocycles. The van der Waals surface area contributed by atoms with Crippen LogP contribution < -0.4 is 0 Å². The van der Waals surface area contributed by atoms with E-state index in [1.807, 2.05) is 13.8 Å². The minimum atomic E-state index is -0.948. The van der Waals surface area contributed by atoms with Crippen LogP contribution in [-0.4, -0.2) is 44.5 Å². The summed E-state index contributed by atoms with van der Waals surface area (Å²) in [6.07, 6.45) is 6.69. The third kappa shape index (κ3) is 3.90. The molecule has 11 unspecified atom stereocenters. The second-order valence-corrected chi connectivity index (χ2v) is 14.7. The molecular formula is C30H52O5. The average molecular weight is 493 g/mol. The van der Waals surface area contributed by atoms with E-state index in [4.69, 9.17) is 0 Å². The summed E-state index contributed by atoms with van der Waals surface area (Å²) in [6, 6.07) is 0. The van der Waals surface area contributed by atoms with Crippen molar-refractivity contribution in [2.45, 2.75) is 130 Å². The first-order valence-corrected chi connectivity index (χ1v) is 14.1. The third-order valence-corrected chi connectivity index (χ3v) is 12.8. The Kier molecular flexibility index (Phi) is 6.93. The smallest absolute Gasteiger partial charge is 0.113 e. The molecule has 0 aromatic carbocycles. The summed E-state index contributed by atoms with van der Waals surface area (Å²) in [5, 5.41) is 43.6.